The van der Waals surface area contributed by atoms with Gasteiger partial charge >= 0.3 is 0 Å². The Morgan fingerprint density at radius 2 is 1.78 bits per heavy atom. The second-order valence-electron chi connectivity index (χ2n) is 5.38. The van der Waals surface area contributed by atoms with Crippen molar-refractivity contribution in [2.24, 2.45) is 0 Å². The fourth-order valence-electron chi connectivity index (χ4n) is 2.33. The van der Waals surface area contributed by atoms with Crippen LogP contribution < -0.4 is 10.9 Å². The van der Waals surface area contributed by atoms with Crippen LogP contribution in [0.25, 0.3) is 0 Å². The topological polar surface area (TPSA) is 64.0 Å². The van der Waals surface area contributed by atoms with Crippen LogP contribution in [0, 0.1) is 0 Å². The summed E-state index contributed by atoms with van der Waals surface area (Å²) in [5.74, 6) is 0.470. The van der Waals surface area contributed by atoms with Crippen molar-refractivity contribution in [2.75, 3.05) is 5.32 Å². The van der Waals surface area contributed by atoms with Crippen LogP contribution >= 0.6 is 0 Å². The van der Waals surface area contributed by atoms with Crippen LogP contribution in [0.15, 0.2) is 4.79 Å². The van der Waals surface area contributed by atoms with E-state index in [0.29, 0.717) is 5.95 Å². The molecule has 0 saturated heterocycles. The molecule has 1 aromatic heterocycles. The number of hydrogen-bond donors (Lipinski definition) is 1. The van der Waals surface area contributed by atoms with E-state index in [-0.39, 0.29) is 23.3 Å². The number of carbonyl (C=O) groups excluding carboxylic acids is 1. The third-order valence-corrected chi connectivity index (χ3v) is 3.31. The van der Waals surface area contributed by atoms with Gasteiger partial charge < -0.3 is 0 Å². The zero-order valence-corrected chi connectivity index (χ0v) is 11.4. The van der Waals surface area contributed by atoms with Crippen LogP contribution in [0.4, 0.5) is 5.95 Å². The normalized spacial score (nSPS) is 18.4. The summed E-state index contributed by atoms with van der Waals surface area (Å²) < 4.78 is 1.46. The third-order valence-electron chi connectivity index (χ3n) is 3.31. The van der Waals surface area contributed by atoms with E-state index in [9.17, 15) is 9.59 Å². The molecule has 1 unspecified atom stereocenters. The van der Waals surface area contributed by atoms with Crippen molar-refractivity contribution in [1.29, 1.82) is 0 Å². The predicted octanol–water partition coefficient (Wildman–Crippen LogP) is 2.00. The van der Waals surface area contributed by atoms with Crippen LogP contribution in [0.5, 0.6) is 0 Å². The Hall–Kier alpha value is -1.65. The van der Waals surface area contributed by atoms with E-state index >= 15 is 0 Å². The predicted molar refractivity (Wildman–Crippen MR) is 70.0 cm³/mol. The Labute approximate surface area is 106 Å². The maximum Gasteiger partial charge on any atom is 0.259 e. The second kappa shape index (κ2) is 4.23. The highest BCUT2D eigenvalue weighted by molar-refractivity contribution is 5.95. The van der Waals surface area contributed by atoms with Crippen molar-refractivity contribution in [1.82, 2.24) is 9.55 Å². The molecule has 5 heteroatoms. The van der Waals surface area contributed by atoms with Crippen molar-refractivity contribution in [3.8, 4) is 0 Å². The smallest absolute Gasteiger partial charge is 0.259 e. The SMILES string of the molecule is CC(C)c1nc2n(c(=O)c1C(C)C)C(C)C(=O)N2. The van der Waals surface area contributed by atoms with Crippen LogP contribution in [-0.2, 0) is 4.79 Å². The number of nitrogens with one attached hydrogen (secondary N) is 1. The first-order chi connectivity index (χ1) is 8.34. The lowest BCUT2D eigenvalue weighted by Gasteiger charge is -2.17. The van der Waals surface area contributed by atoms with Crippen LogP contribution in [-0.4, -0.2) is 15.5 Å². The molecule has 1 aliphatic heterocycles. The summed E-state index contributed by atoms with van der Waals surface area (Å²) >= 11 is 0. The van der Waals surface area contributed by atoms with E-state index in [1.165, 1.54) is 4.57 Å². The number of fused-ring (bicyclic) bond motifs is 1. The molecular formula is C13H19N3O2. The van der Waals surface area contributed by atoms with Gasteiger partial charge in [-0.1, -0.05) is 27.7 Å². The summed E-state index contributed by atoms with van der Waals surface area (Å²) in [6.45, 7) is 9.68. The molecule has 2 rings (SSSR count). The molecule has 1 aromatic rings. The van der Waals surface area contributed by atoms with Gasteiger partial charge in [-0.05, 0) is 18.8 Å². The van der Waals surface area contributed by atoms with E-state index < -0.39 is 6.04 Å². The highest BCUT2D eigenvalue weighted by Crippen LogP contribution is 2.27. The van der Waals surface area contributed by atoms with Gasteiger partial charge in [-0.2, -0.15) is 0 Å². The van der Waals surface area contributed by atoms with Gasteiger partial charge in [0.25, 0.3) is 5.56 Å². The number of aromatic nitrogens is 2. The summed E-state index contributed by atoms with van der Waals surface area (Å²) in [6, 6.07) is -0.473. The molecule has 0 aromatic carbocycles. The average molecular weight is 249 g/mol. The van der Waals surface area contributed by atoms with Crippen LogP contribution in [0.2, 0.25) is 0 Å². The Morgan fingerprint density at radius 3 is 2.28 bits per heavy atom. The summed E-state index contributed by atoms with van der Waals surface area (Å²) in [5, 5.41) is 2.66. The van der Waals surface area contributed by atoms with Gasteiger partial charge in [0.05, 0.1) is 5.69 Å². The Kier molecular flexibility index (Phi) is 3.00. The van der Waals surface area contributed by atoms with Crippen LogP contribution in [0.1, 0.15) is 63.8 Å². The minimum Gasteiger partial charge on any atom is -0.294 e. The number of nitrogens with zero attached hydrogens (tertiary/aromatic N) is 2. The van der Waals surface area contributed by atoms with E-state index in [0.717, 1.165) is 11.3 Å². The first-order valence-electron chi connectivity index (χ1n) is 6.31. The Morgan fingerprint density at radius 1 is 1.17 bits per heavy atom. The molecule has 5 nitrogen and oxygen atoms in total. The average Bonchev–Trinajstić information content (AvgIpc) is 2.54. The standard InChI is InChI=1S/C13H19N3O2/c1-6(2)9-10(7(3)4)14-13-15-11(17)8(5)16(13)12(9)18/h6-8H,1-5H3,(H,14,15,17). The van der Waals surface area contributed by atoms with Gasteiger partial charge in [-0.15, -0.1) is 0 Å². The molecular weight excluding hydrogens is 230 g/mol. The molecule has 0 radical (unpaired) electrons. The van der Waals surface area contributed by atoms with E-state index in [4.69, 9.17) is 0 Å². The first-order valence-corrected chi connectivity index (χ1v) is 6.31. The fraction of sp³-hybridized carbons (Fsp3) is 0.615. The lowest BCUT2D eigenvalue weighted by molar-refractivity contribution is -0.117. The van der Waals surface area contributed by atoms with E-state index in [2.05, 4.69) is 10.3 Å². The fourth-order valence-corrected chi connectivity index (χ4v) is 2.33. The first kappa shape index (κ1) is 12.8. The summed E-state index contributed by atoms with van der Waals surface area (Å²) in [7, 11) is 0. The van der Waals surface area contributed by atoms with Crippen molar-refractivity contribution in [3.63, 3.8) is 0 Å². The molecule has 1 atom stereocenters. The maximum absolute atomic E-state index is 12.5. The molecule has 0 fully saturated rings. The molecule has 1 aliphatic rings. The van der Waals surface area contributed by atoms with Crippen molar-refractivity contribution in [2.45, 2.75) is 52.5 Å². The van der Waals surface area contributed by atoms with Crippen LogP contribution in [0.3, 0.4) is 0 Å². The maximum atomic E-state index is 12.5. The number of rotatable bonds is 2. The highest BCUT2D eigenvalue weighted by Gasteiger charge is 2.31. The van der Waals surface area contributed by atoms with E-state index in [1.807, 2.05) is 27.7 Å². The van der Waals surface area contributed by atoms with Gasteiger partial charge in [-0.25, -0.2) is 4.98 Å². The molecule has 0 bridgehead atoms. The number of amides is 1. The zero-order chi connectivity index (χ0) is 13.6. The second-order valence-corrected chi connectivity index (χ2v) is 5.38. The van der Waals surface area contributed by atoms with Gasteiger partial charge in [-0.3, -0.25) is 19.5 Å². The summed E-state index contributed by atoms with van der Waals surface area (Å²) in [5.41, 5.74) is 1.41. The number of carbonyl (C=O) groups is 1. The zero-order valence-electron chi connectivity index (χ0n) is 11.4. The van der Waals surface area contributed by atoms with Crippen molar-refractivity contribution in [3.05, 3.63) is 21.6 Å². The highest BCUT2D eigenvalue weighted by atomic mass is 16.2. The lowest BCUT2D eigenvalue weighted by Crippen LogP contribution is -2.28. The molecule has 98 valence electrons. The molecule has 18 heavy (non-hydrogen) atoms. The van der Waals surface area contributed by atoms with Gasteiger partial charge in [0.15, 0.2) is 0 Å². The summed E-state index contributed by atoms with van der Waals surface area (Å²) in [6.07, 6.45) is 0. The minimum absolute atomic E-state index is 0.0930. The van der Waals surface area contributed by atoms with Gasteiger partial charge in [0.1, 0.15) is 6.04 Å². The molecule has 0 aliphatic carbocycles. The number of anilines is 1. The molecule has 1 N–H and O–H groups in total. The number of hydrogen-bond acceptors (Lipinski definition) is 3. The molecule has 2 heterocycles. The third kappa shape index (κ3) is 1.74. The molecule has 1 amide bonds. The Bertz CT molecular complexity index is 558. The van der Waals surface area contributed by atoms with Gasteiger partial charge in [0, 0.05) is 5.56 Å². The lowest BCUT2D eigenvalue weighted by atomic mass is 9.96. The van der Waals surface area contributed by atoms with Crippen molar-refractivity contribution < 1.29 is 4.79 Å². The van der Waals surface area contributed by atoms with Gasteiger partial charge in [0.2, 0.25) is 11.9 Å². The quantitative estimate of drug-likeness (QED) is 0.872. The van der Waals surface area contributed by atoms with Crippen molar-refractivity contribution >= 4 is 11.9 Å². The monoisotopic (exact) mass is 249 g/mol. The Balaban J connectivity index is 2.76. The molecule has 0 spiro atoms. The largest absolute Gasteiger partial charge is 0.294 e. The van der Waals surface area contributed by atoms with E-state index in [1.54, 1.807) is 6.92 Å². The summed E-state index contributed by atoms with van der Waals surface area (Å²) in [4.78, 5) is 28.6. The minimum atomic E-state index is -0.473. The molecule has 0 saturated carbocycles.